The van der Waals surface area contributed by atoms with Crippen molar-refractivity contribution in [2.24, 2.45) is 0 Å². The Morgan fingerprint density at radius 1 is 1.38 bits per heavy atom. The quantitative estimate of drug-likeness (QED) is 0.520. The molecule has 8 heavy (non-hydrogen) atoms. The number of hydrogen-bond donors (Lipinski definition) is 1. The molecule has 0 spiro atoms. The van der Waals surface area contributed by atoms with Crippen molar-refractivity contribution in [1.82, 2.24) is 9.97 Å². The molecule has 2 nitrogen and oxygen atoms in total. The van der Waals surface area contributed by atoms with Gasteiger partial charge in [-0.05, 0) is 0 Å². The zero-order valence-corrected chi connectivity index (χ0v) is 6.82. The van der Waals surface area contributed by atoms with Gasteiger partial charge in [-0.25, -0.2) is 4.98 Å². The average Bonchev–Trinajstić information content (AvgIpc) is 1.76. The summed E-state index contributed by atoms with van der Waals surface area (Å²) < 4.78 is 0. The Bertz CT molecular complexity index is 71.8. The van der Waals surface area contributed by atoms with Crippen LogP contribution < -0.4 is 12.4 Å². The van der Waals surface area contributed by atoms with Crippen LogP contribution in [-0.4, -0.2) is 9.97 Å². The summed E-state index contributed by atoms with van der Waals surface area (Å²) >= 11 is 0. The van der Waals surface area contributed by atoms with Crippen LogP contribution in [0.15, 0.2) is 18.7 Å². The van der Waals surface area contributed by atoms with E-state index in [-0.39, 0.29) is 47.2 Å². The molecule has 0 saturated heterocycles. The van der Waals surface area contributed by atoms with Crippen LogP contribution in [0, 0.1) is 0 Å². The monoisotopic (exact) mass is 246 g/mol. The van der Waals surface area contributed by atoms with Crippen molar-refractivity contribution in [3.8, 4) is 0 Å². The van der Waals surface area contributed by atoms with Crippen LogP contribution in [0.4, 0.5) is 0 Å². The van der Waals surface area contributed by atoms with Crippen LogP contribution in [0.25, 0.3) is 0 Å². The van der Waals surface area contributed by atoms with Gasteiger partial charge in [-0.15, -0.1) is 12.4 Å². The Labute approximate surface area is 75.8 Å². The molecule has 1 heterocycles. The molecule has 0 saturated carbocycles. The first-order chi connectivity index (χ1) is 2.50. The number of nitrogens with zero attached hydrogens (tertiary/aromatic N) is 1. The van der Waals surface area contributed by atoms with Crippen molar-refractivity contribution >= 4 is 12.4 Å². The zero-order chi connectivity index (χ0) is 3.54. The van der Waals surface area contributed by atoms with E-state index in [2.05, 4.69) is 9.97 Å². The van der Waals surface area contributed by atoms with E-state index in [1.54, 1.807) is 18.7 Å². The third-order valence-corrected chi connectivity index (χ3v) is 0.406. The number of imidazole rings is 1. The molecule has 0 unspecified atom stereocenters. The number of aromatic nitrogens is 2. The van der Waals surface area contributed by atoms with E-state index >= 15 is 0 Å². The molecule has 0 aliphatic heterocycles. The molecule has 1 N–H and O–H groups in total. The van der Waals surface area contributed by atoms with Crippen LogP contribution in [0.5, 0.6) is 0 Å². The number of nitrogens with one attached hydrogen (secondary N) is 1. The summed E-state index contributed by atoms with van der Waals surface area (Å²) in [6.45, 7) is 0. The van der Waals surface area contributed by atoms with Gasteiger partial charge in [0, 0.05) is 12.4 Å². The molecule has 0 amide bonds. The minimum Gasteiger partial charge on any atom is -1.00 e. The van der Waals surface area contributed by atoms with Gasteiger partial charge in [-0.1, -0.05) is 0 Å². The van der Waals surface area contributed by atoms with Crippen molar-refractivity contribution in [1.29, 1.82) is 0 Å². The standard InChI is InChI=1S/C3H4N2.Ag.2ClH/c1-2-5-3-4-1;;;/h1-3H,(H,4,5);;2*1H/q;+1;;/p-1. The summed E-state index contributed by atoms with van der Waals surface area (Å²) in [6.07, 6.45) is 5.08. The van der Waals surface area contributed by atoms with E-state index < -0.39 is 0 Å². The minimum atomic E-state index is 0. The van der Waals surface area contributed by atoms with E-state index in [1.165, 1.54) is 0 Å². The number of rotatable bonds is 0. The Balaban J connectivity index is -0.0000000833. The smallest absolute Gasteiger partial charge is 1.00 e. The van der Waals surface area contributed by atoms with Gasteiger partial charge in [0.1, 0.15) is 0 Å². The van der Waals surface area contributed by atoms with E-state index in [0.717, 1.165) is 0 Å². The SMILES string of the molecule is Cl.[Ag+].[Cl-].c1c[nH]cn1. The molecule has 0 aliphatic carbocycles. The van der Waals surface area contributed by atoms with Gasteiger partial charge >= 0.3 is 22.4 Å². The first kappa shape index (κ1) is 15.8. The second-order valence-electron chi connectivity index (χ2n) is 0.761. The third kappa shape index (κ3) is 6.53. The normalized spacial score (nSPS) is 5.00. The van der Waals surface area contributed by atoms with Crippen molar-refractivity contribution in [3.05, 3.63) is 18.7 Å². The van der Waals surface area contributed by atoms with Crippen LogP contribution >= 0.6 is 12.4 Å². The summed E-state index contributed by atoms with van der Waals surface area (Å²) in [6, 6.07) is 0. The summed E-state index contributed by atoms with van der Waals surface area (Å²) in [4.78, 5) is 6.42. The second-order valence-corrected chi connectivity index (χ2v) is 0.761. The summed E-state index contributed by atoms with van der Waals surface area (Å²) in [7, 11) is 0. The number of halogens is 2. The molecule has 0 radical (unpaired) electrons. The molecule has 5 heteroatoms. The zero-order valence-electron chi connectivity index (χ0n) is 3.77. The second kappa shape index (κ2) is 10.5. The van der Waals surface area contributed by atoms with E-state index in [1.807, 2.05) is 0 Å². The molecule has 0 bridgehead atoms. The fourth-order valence-corrected chi connectivity index (χ4v) is 0.215. The fraction of sp³-hybridized carbons (Fsp3) is 0. The van der Waals surface area contributed by atoms with Crippen LogP contribution in [0.3, 0.4) is 0 Å². The largest absolute Gasteiger partial charge is 1.00 e. The predicted octanol–water partition coefficient (Wildman–Crippen LogP) is -2.17. The molecule has 1 rings (SSSR count). The number of aromatic amines is 1. The maximum absolute atomic E-state index is 3.67. The topological polar surface area (TPSA) is 28.7 Å². The molecule has 1 aromatic heterocycles. The number of hydrogen-bond acceptors (Lipinski definition) is 1. The molecular weight excluding hydrogens is 243 g/mol. The van der Waals surface area contributed by atoms with Gasteiger partial charge in [0.05, 0.1) is 6.33 Å². The van der Waals surface area contributed by atoms with Gasteiger partial charge in [0.25, 0.3) is 0 Å². The van der Waals surface area contributed by atoms with E-state index in [9.17, 15) is 0 Å². The third-order valence-electron chi connectivity index (χ3n) is 0.406. The minimum absolute atomic E-state index is 0. The first-order valence-corrected chi connectivity index (χ1v) is 1.43. The van der Waals surface area contributed by atoms with E-state index in [0.29, 0.717) is 0 Å². The predicted molar refractivity (Wildman–Crippen MR) is 25.8 cm³/mol. The Morgan fingerprint density at radius 2 is 2.00 bits per heavy atom. The Morgan fingerprint density at radius 3 is 2.12 bits per heavy atom. The van der Waals surface area contributed by atoms with Gasteiger partial charge < -0.3 is 17.4 Å². The summed E-state index contributed by atoms with van der Waals surface area (Å²) in [5.74, 6) is 0. The average molecular weight is 248 g/mol. The molecule has 0 aromatic carbocycles. The van der Waals surface area contributed by atoms with Crippen LogP contribution in [-0.2, 0) is 22.4 Å². The van der Waals surface area contributed by atoms with Gasteiger partial charge in [-0.3, -0.25) is 0 Å². The van der Waals surface area contributed by atoms with Crippen molar-refractivity contribution in [3.63, 3.8) is 0 Å². The molecule has 1 aromatic rings. The van der Waals surface area contributed by atoms with Crippen molar-refractivity contribution in [2.45, 2.75) is 0 Å². The Kier molecular flexibility index (Phi) is 20.8. The maximum Gasteiger partial charge on any atom is 1.00 e. The summed E-state index contributed by atoms with van der Waals surface area (Å²) in [5.41, 5.74) is 0. The Hall–Kier alpha value is 0.530. The molecule has 52 valence electrons. The van der Waals surface area contributed by atoms with Crippen molar-refractivity contribution < 1.29 is 34.8 Å². The maximum atomic E-state index is 3.67. The van der Waals surface area contributed by atoms with Gasteiger partial charge in [0.2, 0.25) is 0 Å². The number of H-pyrrole nitrogens is 1. The molecule has 0 fully saturated rings. The van der Waals surface area contributed by atoms with Crippen LogP contribution in [0.1, 0.15) is 0 Å². The summed E-state index contributed by atoms with van der Waals surface area (Å²) in [5, 5.41) is 0. The molecule has 0 aliphatic rings. The van der Waals surface area contributed by atoms with E-state index in [4.69, 9.17) is 0 Å². The molecular formula is C3H5AgCl2N2. The van der Waals surface area contributed by atoms with Gasteiger partial charge in [0.15, 0.2) is 0 Å². The van der Waals surface area contributed by atoms with Gasteiger partial charge in [-0.2, -0.15) is 0 Å². The first-order valence-electron chi connectivity index (χ1n) is 1.43. The van der Waals surface area contributed by atoms with Crippen LogP contribution in [0.2, 0.25) is 0 Å². The fourth-order valence-electron chi connectivity index (χ4n) is 0.215. The van der Waals surface area contributed by atoms with Crippen molar-refractivity contribution in [2.75, 3.05) is 0 Å². The molecule has 0 atom stereocenters.